The molecule has 144 valence electrons. The second-order valence-electron chi connectivity index (χ2n) is 6.78. The molecule has 1 heterocycles. The summed E-state index contributed by atoms with van der Waals surface area (Å²) in [6, 6.07) is 4.52. The van der Waals surface area contributed by atoms with Gasteiger partial charge in [0.25, 0.3) is 0 Å². The first-order chi connectivity index (χ1) is 12.5. The van der Waals surface area contributed by atoms with Crippen molar-refractivity contribution in [2.45, 2.75) is 26.2 Å². The predicted octanol–water partition coefficient (Wildman–Crippen LogP) is 1.94. The minimum atomic E-state index is -0.479. The van der Waals surface area contributed by atoms with Crippen molar-refractivity contribution in [2.75, 3.05) is 45.2 Å². The molecule has 1 aliphatic heterocycles. The highest BCUT2D eigenvalue weighted by Gasteiger charge is 2.22. The molecule has 2 N–H and O–H groups in total. The van der Waals surface area contributed by atoms with Crippen molar-refractivity contribution in [3.63, 3.8) is 0 Å². The molecule has 1 saturated heterocycles. The first-order valence-corrected chi connectivity index (χ1v) is 9.02. The Hall–Kier alpha value is -1.99. The molecule has 0 unspecified atom stereocenters. The molecule has 0 spiro atoms. The van der Waals surface area contributed by atoms with Crippen molar-refractivity contribution >= 4 is 17.5 Å². The molecule has 2 rings (SSSR count). The second kappa shape index (κ2) is 10.2. The van der Waals surface area contributed by atoms with E-state index in [0.29, 0.717) is 12.5 Å². The van der Waals surface area contributed by atoms with Crippen molar-refractivity contribution in [3.8, 4) is 0 Å². The molecule has 7 heteroatoms. The number of carbonyl (C=O) groups is 2. The van der Waals surface area contributed by atoms with E-state index >= 15 is 0 Å². The second-order valence-corrected chi connectivity index (χ2v) is 6.78. The van der Waals surface area contributed by atoms with E-state index in [-0.39, 0.29) is 30.3 Å². The van der Waals surface area contributed by atoms with Gasteiger partial charge in [-0.2, -0.15) is 0 Å². The lowest BCUT2D eigenvalue weighted by Crippen LogP contribution is -2.32. The summed E-state index contributed by atoms with van der Waals surface area (Å²) in [5.74, 6) is -0.560. The van der Waals surface area contributed by atoms with Crippen LogP contribution in [0.1, 0.15) is 24.8 Å². The molecule has 0 saturated carbocycles. The molecule has 0 radical (unpaired) electrons. The molecule has 0 aliphatic carbocycles. The lowest BCUT2D eigenvalue weighted by Gasteiger charge is -2.15. The highest BCUT2D eigenvalue weighted by molar-refractivity contribution is 5.93. The molecule has 0 bridgehead atoms. The van der Waals surface area contributed by atoms with E-state index in [1.54, 1.807) is 19.2 Å². The summed E-state index contributed by atoms with van der Waals surface area (Å²) in [5.41, 5.74) is 1.01. The average Bonchev–Trinajstić information content (AvgIpc) is 3.07. The molecular formula is C19H28FN3O3. The van der Waals surface area contributed by atoms with Crippen molar-refractivity contribution in [3.05, 3.63) is 29.6 Å². The van der Waals surface area contributed by atoms with Gasteiger partial charge in [0.15, 0.2) is 0 Å². The van der Waals surface area contributed by atoms with E-state index in [9.17, 15) is 14.0 Å². The van der Waals surface area contributed by atoms with Crippen LogP contribution >= 0.6 is 0 Å². The van der Waals surface area contributed by atoms with Gasteiger partial charge in [-0.15, -0.1) is 0 Å². The van der Waals surface area contributed by atoms with Gasteiger partial charge in [0.1, 0.15) is 5.82 Å². The fourth-order valence-corrected chi connectivity index (χ4v) is 3.02. The third-order valence-corrected chi connectivity index (χ3v) is 4.54. The number of nitrogens with one attached hydrogen (secondary N) is 2. The number of methoxy groups -OCH3 is 1. The van der Waals surface area contributed by atoms with Crippen molar-refractivity contribution in [1.82, 2.24) is 10.2 Å². The van der Waals surface area contributed by atoms with Crippen LogP contribution in [0.5, 0.6) is 0 Å². The van der Waals surface area contributed by atoms with Crippen LogP contribution in [0.2, 0.25) is 0 Å². The molecule has 1 aromatic rings. The zero-order valence-electron chi connectivity index (χ0n) is 15.5. The van der Waals surface area contributed by atoms with Gasteiger partial charge in [-0.3, -0.25) is 9.59 Å². The van der Waals surface area contributed by atoms with Gasteiger partial charge in [0.2, 0.25) is 11.8 Å². The summed E-state index contributed by atoms with van der Waals surface area (Å²) in [7, 11) is 1.69. The lowest BCUT2D eigenvalue weighted by atomic mass is 10.1. The summed E-state index contributed by atoms with van der Waals surface area (Å²) in [5, 5.41) is 5.41. The van der Waals surface area contributed by atoms with Crippen LogP contribution in [0.3, 0.4) is 0 Å². The standard InChI is InChI=1S/C19H28FN3O3/c1-14-3-4-16(20)17(11-14)22-19(25)6-5-18(24)21-12-15-7-8-23(13-15)9-10-26-2/h3-4,11,15H,5-10,12-13H2,1-2H3,(H,21,24)(H,22,25)/t15-/m1/s1. The van der Waals surface area contributed by atoms with Crippen LogP contribution in [0, 0.1) is 18.7 Å². The van der Waals surface area contributed by atoms with E-state index in [2.05, 4.69) is 15.5 Å². The predicted molar refractivity (Wildman–Crippen MR) is 98.4 cm³/mol. The maximum atomic E-state index is 13.6. The number of amides is 2. The van der Waals surface area contributed by atoms with Crippen molar-refractivity contribution in [1.29, 1.82) is 0 Å². The molecule has 1 fully saturated rings. The van der Waals surface area contributed by atoms with Crippen LogP contribution in [0.15, 0.2) is 18.2 Å². The summed E-state index contributed by atoms with van der Waals surface area (Å²) >= 11 is 0. The third kappa shape index (κ3) is 6.72. The Balaban J connectivity index is 1.64. The fraction of sp³-hybridized carbons (Fsp3) is 0.579. The normalized spacial score (nSPS) is 17.3. The maximum absolute atomic E-state index is 13.6. The number of benzene rings is 1. The smallest absolute Gasteiger partial charge is 0.224 e. The summed E-state index contributed by atoms with van der Waals surface area (Å²) in [6.45, 7) is 6.05. The van der Waals surface area contributed by atoms with E-state index in [4.69, 9.17) is 4.74 Å². The number of rotatable bonds is 9. The number of anilines is 1. The van der Waals surface area contributed by atoms with Crippen LogP contribution < -0.4 is 10.6 Å². The molecule has 1 aromatic carbocycles. The van der Waals surface area contributed by atoms with Crippen LogP contribution in [0.25, 0.3) is 0 Å². The highest BCUT2D eigenvalue weighted by atomic mass is 19.1. The Bertz CT molecular complexity index is 624. The Labute approximate surface area is 154 Å². The van der Waals surface area contributed by atoms with E-state index < -0.39 is 5.82 Å². The van der Waals surface area contributed by atoms with Gasteiger partial charge in [-0.1, -0.05) is 6.07 Å². The first kappa shape index (κ1) is 20.3. The van der Waals surface area contributed by atoms with Gasteiger partial charge in [-0.05, 0) is 43.5 Å². The zero-order valence-corrected chi connectivity index (χ0v) is 15.5. The van der Waals surface area contributed by atoms with Crippen molar-refractivity contribution in [2.24, 2.45) is 5.92 Å². The maximum Gasteiger partial charge on any atom is 0.224 e. The summed E-state index contributed by atoms with van der Waals surface area (Å²) in [6.07, 6.45) is 1.18. The Morgan fingerprint density at radius 3 is 2.85 bits per heavy atom. The zero-order chi connectivity index (χ0) is 18.9. The molecule has 1 aliphatic rings. The topological polar surface area (TPSA) is 70.7 Å². The Morgan fingerprint density at radius 2 is 2.08 bits per heavy atom. The molecule has 0 aromatic heterocycles. The molecule has 6 nitrogen and oxygen atoms in total. The highest BCUT2D eigenvalue weighted by Crippen LogP contribution is 2.16. The number of carbonyl (C=O) groups excluding carboxylic acids is 2. The van der Waals surface area contributed by atoms with Crippen LogP contribution in [0.4, 0.5) is 10.1 Å². The summed E-state index contributed by atoms with van der Waals surface area (Å²) < 4.78 is 18.7. The number of nitrogens with zero attached hydrogens (tertiary/aromatic N) is 1. The number of hydrogen-bond donors (Lipinski definition) is 2. The quantitative estimate of drug-likeness (QED) is 0.702. The van der Waals surface area contributed by atoms with E-state index in [0.717, 1.165) is 38.2 Å². The van der Waals surface area contributed by atoms with Gasteiger partial charge in [-0.25, -0.2) is 4.39 Å². The van der Waals surface area contributed by atoms with E-state index in [1.807, 2.05) is 6.92 Å². The minimum absolute atomic E-state index is 0.0316. The van der Waals surface area contributed by atoms with Crippen LogP contribution in [-0.2, 0) is 14.3 Å². The molecule has 2 amide bonds. The lowest BCUT2D eigenvalue weighted by molar-refractivity contribution is -0.124. The number of aryl methyl sites for hydroxylation is 1. The van der Waals surface area contributed by atoms with Crippen molar-refractivity contribution < 1.29 is 18.7 Å². The first-order valence-electron chi connectivity index (χ1n) is 9.02. The van der Waals surface area contributed by atoms with Crippen LogP contribution in [-0.4, -0.2) is 56.6 Å². The monoisotopic (exact) mass is 365 g/mol. The van der Waals surface area contributed by atoms with Gasteiger partial charge < -0.3 is 20.3 Å². The fourth-order valence-electron chi connectivity index (χ4n) is 3.02. The van der Waals surface area contributed by atoms with Gasteiger partial charge in [0, 0.05) is 39.6 Å². The third-order valence-electron chi connectivity index (χ3n) is 4.54. The van der Waals surface area contributed by atoms with Gasteiger partial charge in [0.05, 0.1) is 12.3 Å². The molecule has 26 heavy (non-hydrogen) atoms. The molecular weight excluding hydrogens is 337 g/mol. The van der Waals surface area contributed by atoms with Gasteiger partial charge >= 0.3 is 0 Å². The Kier molecular flexibility index (Phi) is 8.00. The average molecular weight is 365 g/mol. The number of hydrogen-bond acceptors (Lipinski definition) is 4. The Morgan fingerprint density at radius 1 is 1.31 bits per heavy atom. The molecule has 1 atom stereocenters. The van der Waals surface area contributed by atoms with E-state index in [1.165, 1.54) is 6.07 Å². The SMILES string of the molecule is COCCN1CC[C@H](CNC(=O)CCC(=O)Nc2cc(C)ccc2F)C1. The summed E-state index contributed by atoms with van der Waals surface area (Å²) in [4.78, 5) is 26.2. The largest absolute Gasteiger partial charge is 0.383 e. The minimum Gasteiger partial charge on any atom is -0.383 e. The number of halogens is 1. The number of likely N-dealkylation sites (tertiary alicyclic amines) is 1. The number of ether oxygens (including phenoxy) is 1.